The highest BCUT2D eigenvalue weighted by atomic mass is 35.5. The van der Waals surface area contributed by atoms with Crippen molar-refractivity contribution < 1.29 is 30.4 Å². The molecule has 8 nitrogen and oxygen atoms in total. The van der Waals surface area contributed by atoms with Crippen molar-refractivity contribution in [3.63, 3.8) is 0 Å². The molecule has 34 heavy (non-hydrogen) atoms. The molecule has 176 valence electrons. The lowest BCUT2D eigenvalue weighted by atomic mass is 10.0. The van der Waals surface area contributed by atoms with Gasteiger partial charge in [0, 0.05) is 26.9 Å². The zero-order valence-electron chi connectivity index (χ0n) is 17.1. The van der Waals surface area contributed by atoms with Crippen LogP contribution in [-0.4, -0.2) is 31.8 Å². The monoisotopic (exact) mass is 535 g/mol. The summed E-state index contributed by atoms with van der Waals surface area (Å²) in [5.41, 5.74) is 0.951. The largest absolute Gasteiger partial charge is 0.748 e. The molecule has 1 aromatic heterocycles. The summed E-state index contributed by atoms with van der Waals surface area (Å²) in [5.74, 6) is -1.60. The van der Waals surface area contributed by atoms with E-state index in [2.05, 4.69) is 0 Å². The van der Waals surface area contributed by atoms with Gasteiger partial charge in [0.1, 0.15) is 27.3 Å². The molecule has 0 N–H and O–H groups in total. The van der Waals surface area contributed by atoms with Gasteiger partial charge in [0.25, 0.3) is 0 Å². The summed E-state index contributed by atoms with van der Waals surface area (Å²) in [6, 6.07) is 15.6. The lowest BCUT2D eigenvalue weighted by molar-refractivity contribution is 0.460. The molecule has 1 aliphatic heterocycles. The van der Waals surface area contributed by atoms with Crippen LogP contribution in [0, 0.1) is 0 Å². The van der Waals surface area contributed by atoms with E-state index >= 15 is 0 Å². The molecule has 1 aliphatic rings. The summed E-state index contributed by atoms with van der Waals surface area (Å²) in [6.07, 6.45) is 1.44. The summed E-state index contributed by atoms with van der Waals surface area (Å²) >= 11 is 7.24. The maximum atomic E-state index is 11.8. The van der Waals surface area contributed by atoms with Gasteiger partial charge < -0.3 is 18.4 Å². The molecule has 0 amide bonds. The van der Waals surface area contributed by atoms with Gasteiger partial charge in [-0.15, -0.1) is 0 Å². The van der Waals surface area contributed by atoms with Gasteiger partial charge in [-0.2, -0.15) is 0 Å². The molecule has 0 spiro atoms. The van der Waals surface area contributed by atoms with E-state index in [1.54, 1.807) is 30.3 Å². The second-order valence-corrected chi connectivity index (χ2v) is 11.9. The molecule has 0 aliphatic carbocycles. The molecular weight excluding hydrogens is 522 g/mol. The number of anilines is 1. The van der Waals surface area contributed by atoms with Crippen LogP contribution in [0.3, 0.4) is 0 Å². The van der Waals surface area contributed by atoms with Crippen LogP contribution in [0.25, 0.3) is 27.8 Å². The molecule has 2 heterocycles. The van der Waals surface area contributed by atoms with Gasteiger partial charge in [-0.25, -0.2) is 16.8 Å². The second-order valence-electron chi connectivity index (χ2n) is 7.62. The van der Waals surface area contributed by atoms with Crippen molar-refractivity contribution in [2.24, 2.45) is 0 Å². The summed E-state index contributed by atoms with van der Waals surface area (Å²) in [4.78, 5) is 1.92. The predicted octanol–water partition coefficient (Wildman–Crippen LogP) is 4.70. The van der Waals surface area contributed by atoms with Crippen LogP contribution in [-0.2, 0) is 26.0 Å². The lowest BCUT2D eigenvalue weighted by Gasteiger charge is -2.22. The van der Waals surface area contributed by atoms with E-state index in [0.717, 1.165) is 5.39 Å². The Morgan fingerprint density at radius 3 is 2.50 bits per heavy atom. The number of thioether (sulfide) groups is 1. The third-order valence-corrected chi connectivity index (χ3v) is 7.83. The smallest absolute Gasteiger partial charge is 0.135 e. The van der Waals surface area contributed by atoms with Crippen LogP contribution in [0.15, 0.2) is 68.9 Å². The van der Waals surface area contributed by atoms with Crippen molar-refractivity contribution in [3.8, 4) is 0 Å². The van der Waals surface area contributed by atoms with Gasteiger partial charge in [-0.05, 0) is 35.0 Å². The Balaban J connectivity index is 1.74. The molecular formula is C22H14ClNO7S3-2. The highest BCUT2D eigenvalue weighted by molar-refractivity contribution is 8.04. The van der Waals surface area contributed by atoms with E-state index in [9.17, 15) is 25.9 Å². The van der Waals surface area contributed by atoms with Gasteiger partial charge in [0.05, 0.1) is 26.6 Å². The fourth-order valence-corrected chi connectivity index (χ4v) is 6.53. The van der Waals surface area contributed by atoms with E-state index in [1.165, 1.54) is 28.8 Å². The standard InChI is InChI=1S/C22H16ClNO7S3/c23-14-6-8-20-17(9-14)24(12-34(28,29)30)21(32-20)10-19-16(11-33(25,26)27)22-15-4-2-1-3-13(15)5-7-18(22)31-19/h1-10H,11-12H2,(H,25,26,27)(H,28,29,30)/p-2/b21-10-. The second kappa shape index (κ2) is 8.29. The highest BCUT2D eigenvalue weighted by Crippen LogP contribution is 2.48. The van der Waals surface area contributed by atoms with E-state index in [1.807, 2.05) is 18.2 Å². The summed E-state index contributed by atoms with van der Waals surface area (Å²) in [5, 5.41) is 2.68. The third-order valence-electron chi connectivity index (χ3n) is 5.27. The molecule has 4 aromatic rings. The Kier molecular flexibility index (Phi) is 5.66. The van der Waals surface area contributed by atoms with E-state index in [4.69, 9.17) is 16.0 Å². The fraction of sp³-hybridized carbons (Fsp3) is 0.0909. The van der Waals surface area contributed by atoms with Gasteiger partial charge in [0.2, 0.25) is 0 Å². The SMILES string of the molecule is O=S(=O)([O-])Cc1c(/C=C2\Sc3ccc(Cl)cc3N2CS(=O)(=O)[O-])oc2ccc3ccccc3c12. The van der Waals surface area contributed by atoms with Gasteiger partial charge in [0.15, 0.2) is 0 Å². The van der Waals surface area contributed by atoms with Crippen molar-refractivity contribution >= 4 is 77.1 Å². The summed E-state index contributed by atoms with van der Waals surface area (Å²) < 4.78 is 76.1. The van der Waals surface area contributed by atoms with Crippen LogP contribution >= 0.6 is 23.4 Å². The first-order valence-corrected chi connectivity index (χ1v) is 14.1. The molecule has 3 aromatic carbocycles. The van der Waals surface area contributed by atoms with Gasteiger partial charge in [-0.3, -0.25) is 0 Å². The minimum atomic E-state index is -4.69. The lowest BCUT2D eigenvalue weighted by Crippen LogP contribution is -2.25. The molecule has 0 fully saturated rings. The first-order valence-electron chi connectivity index (χ1n) is 9.75. The van der Waals surface area contributed by atoms with Gasteiger partial charge >= 0.3 is 0 Å². The normalized spacial score (nSPS) is 15.5. The molecule has 5 rings (SSSR count). The first-order chi connectivity index (χ1) is 16.0. The summed E-state index contributed by atoms with van der Waals surface area (Å²) in [7, 11) is -9.37. The number of rotatable bonds is 5. The van der Waals surface area contributed by atoms with Crippen molar-refractivity contribution in [1.29, 1.82) is 0 Å². The quantitative estimate of drug-likeness (QED) is 0.333. The van der Waals surface area contributed by atoms with E-state index in [0.29, 0.717) is 37.0 Å². The number of halogens is 1. The van der Waals surface area contributed by atoms with E-state index in [-0.39, 0.29) is 11.3 Å². The molecule has 0 saturated heterocycles. The van der Waals surface area contributed by atoms with Crippen molar-refractivity contribution in [2.45, 2.75) is 10.6 Å². The highest BCUT2D eigenvalue weighted by Gasteiger charge is 2.28. The Bertz CT molecular complexity index is 1710. The Hall–Kier alpha value is -2.54. The molecule has 0 unspecified atom stereocenters. The number of hydrogen-bond acceptors (Lipinski definition) is 9. The Morgan fingerprint density at radius 2 is 1.76 bits per heavy atom. The third kappa shape index (κ3) is 4.54. The Labute approximate surface area is 204 Å². The van der Waals surface area contributed by atoms with Crippen LogP contribution < -0.4 is 4.90 Å². The Morgan fingerprint density at radius 1 is 1.00 bits per heavy atom. The van der Waals surface area contributed by atoms with Crippen molar-refractivity contribution in [1.82, 2.24) is 0 Å². The van der Waals surface area contributed by atoms with Crippen molar-refractivity contribution in [2.75, 3.05) is 10.8 Å². The maximum absolute atomic E-state index is 11.8. The molecule has 0 saturated carbocycles. The minimum Gasteiger partial charge on any atom is -0.748 e. The topological polar surface area (TPSA) is 131 Å². The van der Waals surface area contributed by atoms with Gasteiger partial charge in [-0.1, -0.05) is 53.7 Å². The van der Waals surface area contributed by atoms with Crippen molar-refractivity contribution in [3.05, 3.63) is 76.0 Å². The predicted molar refractivity (Wildman–Crippen MR) is 129 cm³/mol. The molecule has 0 radical (unpaired) electrons. The van der Waals surface area contributed by atoms with Crippen LogP contribution in [0.4, 0.5) is 5.69 Å². The number of fused-ring (bicyclic) bond motifs is 4. The van der Waals surface area contributed by atoms with Crippen LogP contribution in [0.5, 0.6) is 0 Å². The maximum Gasteiger partial charge on any atom is 0.135 e. The molecule has 12 heteroatoms. The average molecular weight is 536 g/mol. The molecule has 0 bridgehead atoms. The fourth-order valence-electron chi connectivity index (χ4n) is 3.97. The van der Waals surface area contributed by atoms with E-state index < -0.39 is 31.9 Å². The first kappa shape index (κ1) is 23.2. The molecule has 0 atom stereocenters. The number of hydrogen-bond donors (Lipinski definition) is 0. The number of nitrogens with zero attached hydrogens (tertiary/aromatic N) is 1. The van der Waals surface area contributed by atoms with Crippen LogP contribution in [0.1, 0.15) is 11.3 Å². The zero-order chi connectivity index (χ0) is 24.3. The van der Waals surface area contributed by atoms with Crippen LogP contribution in [0.2, 0.25) is 5.02 Å². The summed E-state index contributed by atoms with van der Waals surface area (Å²) in [6.45, 7) is 0. The average Bonchev–Trinajstić information content (AvgIpc) is 3.24. The zero-order valence-corrected chi connectivity index (χ0v) is 20.3. The number of furan rings is 1. The minimum absolute atomic E-state index is 0.0838. The number of benzene rings is 3.